The van der Waals surface area contributed by atoms with E-state index in [1.165, 1.54) is 18.2 Å². The van der Waals surface area contributed by atoms with Gasteiger partial charge in [0, 0.05) is 17.5 Å². The van der Waals surface area contributed by atoms with E-state index in [2.05, 4.69) is 12.2 Å². The zero-order valence-electron chi connectivity index (χ0n) is 12.5. The Morgan fingerprint density at radius 1 is 0.952 bits per heavy atom. The van der Waals surface area contributed by atoms with Crippen LogP contribution < -0.4 is 5.32 Å². The first-order chi connectivity index (χ1) is 10.1. The highest BCUT2D eigenvalue weighted by molar-refractivity contribution is 5.31. The van der Waals surface area contributed by atoms with Gasteiger partial charge in [0.05, 0.1) is 0 Å². The molecule has 21 heavy (non-hydrogen) atoms. The van der Waals surface area contributed by atoms with E-state index in [4.69, 9.17) is 0 Å². The van der Waals surface area contributed by atoms with E-state index in [0.29, 0.717) is 13.0 Å². The fourth-order valence-corrected chi connectivity index (χ4v) is 2.89. The number of rotatable bonds is 6. The van der Waals surface area contributed by atoms with Crippen LogP contribution in [0, 0.1) is 11.6 Å². The van der Waals surface area contributed by atoms with Crippen molar-refractivity contribution < 1.29 is 8.78 Å². The lowest BCUT2D eigenvalue weighted by atomic mass is 9.73. The molecule has 0 spiro atoms. The first-order valence-corrected chi connectivity index (χ1v) is 7.26. The molecule has 112 valence electrons. The monoisotopic (exact) mass is 289 g/mol. The Kier molecular flexibility index (Phi) is 5.07. The summed E-state index contributed by atoms with van der Waals surface area (Å²) in [6, 6.07) is 14.0. The molecule has 1 N–H and O–H groups in total. The molecule has 2 aromatic carbocycles. The van der Waals surface area contributed by atoms with Gasteiger partial charge in [-0.2, -0.15) is 0 Å². The number of benzene rings is 2. The van der Waals surface area contributed by atoms with E-state index >= 15 is 0 Å². The Hall–Kier alpha value is -1.74. The molecule has 0 saturated carbocycles. The quantitative estimate of drug-likeness (QED) is 0.845. The van der Waals surface area contributed by atoms with Crippen molar-refractivity contribution in [2.75, 3.05) is 13.6 Å². The molecule has 0 heterocycles. The molecule has 3 heteroatoms. The highest BCUT2D eigenvalue weighted by Crippen LogP contribution is 2.33. The molecule has 0 radical (unpaired) electrons. The van der Waals surface area contributed by atoms with Crippen molar-refractivity contribution in [2.24, 2.45) is 0 Å². The van der Waals surface area contributed by atoms with Gasteiger partial charge in [0.1, 0.15) is 11.6 Å². The van der Waals surface area contributed by atoms with Gasteiger partial charge in [0.2, 0.25) is 0 Å². The maximum atomic E-state index is 14.0. The SMILES string of the molecule is CCC(CNC)(Cc1c(F)cccc1F)c1ccccc1. The molecule has 1 unspecified atom stereocenters. The van der Waals surface area contributed by atoms with Gasteiger partial charge in [-0.25, -0.2) is 8.78 Å². The number of halogens is 2. The number of likely N-dealkylation sites (N-methyl/N-ethyl adjacent to an activating group) is 1. The van der Waals surface area contributed by atoms with Crippen molar-refractivity contribution in [3.8, 4) is 0 Å². The van der Waals surface area contributed by atoms with Gasteiger partial charge in [0.25, 0.3) is 0 Å². The van der Waals surface area contributed by atoms with Gasteiger partial charge in [-0.15, -0.1) is 0 Å². The number of nitrogens with one attached hydrogen (secondary N) is 1. The third-order valence-corrected chi connectivity index (χ3v) is 4.15. The highest BCUT2D eigenvalue weighted by atomic mass is 19.1. The molecular formula is C18H21F2N. The average Bonchev–Trinajstić information content (AvgIpc) is 2.51. The van der Waals surface area contributed by atoms with Crippen LogP contribution in [0.1, 0.15) is 24.5 Å². The van der Waals surface area contributed by atoms with Gasteiger partial charge >= 0.3 is 0 Å². The molecule has 1 nitrogen and oxygen atoms in total. The molecule has 0 fully saturated rings. The highest BCUT2D eigenvalue weighted by Gasteiger charge is 2.32. The Labute approximate surface area is 125 Å². The molecule has 0 saturated heterocycles. The average molecular weight is 289 g/mol. The summed E-state index contributed by atoms with van der Waals surface area (Å²) in [5.74, 6) is -0.945. The second kappa shape index (κ2) is 6.81. The summed E-state index contributed by atoms with van der Waals surface area (Å²) in [6.07, 6.45) is 1.14. The van der Waals surface area contributed by atoms with E-state index < -0.39 is 11.6 Å². The summed E-state index contributed by atoms with van der Waals surface area (Å²) in [5, 5.41) is 3.17. The van der Waals surface area contributed by atoms with Crippen molar-refractivity contribution in [1.29, 1.82) is 0 Å². The zero-order valence-corrected chi connectivity index (χ0v) is 12.5. The minimum Gasteiger partial charge on any atom is -0.319 e. The van der Waals surface area contributed by atoms with Gasteiger partial charge in [-0.05, 0) is 37.6 Å². The lowest BCUT2D eigenvalue weighted by Gasteiger charge is -2.34. The summed E-state index contributed by atoms with van der Waals surface area (Å²) in [7, 11) is 1.87. The summed E-state index contributed by atoms with van der Waals surface area (Å²) < 4.78 is 28.0. The molecule has 2 aromatic rings. The first-order valence-electron chi connectivity index (χ1n) is 7.26. The summed E-state index contributed by atoms with van der Waals surface area (Å²) in [5.41, 5.74) is 0.946. The van der Waals surface area contributed by atoms with Gasteiger partial charge in [-0.3, -0.25) is 0 Å². The van der Waals surface area contributed by atoms with Crippen LogP contribution in [0.3, 0.4) is 0 Å². The third-order valence-electron chi connectivity index (χ3n) is 4.15. The predicted molar refractivity (Wildman–Crippen MR) is 82.4 cm³/mol. The van der Waals surface area contributed by atoms with Crippen molar-refractivity contribution in [1.82, 2.24) is 5.32 Å². The van der Waals surface area contributed by atoms with Crippen LogP contribution in [-0.2, 0) is 11.8 Å². The molecule has 0 bridgehead atoms. The maximum Gasteiger partial charge on any atom is 0.129 e. The van der Waals surface area contributed by atoms with E-state index in [1.54, 1.807) is 0 Å². The predicted octanol–water partition coefficient (Wildman–Crippen LogP) is 4.07. The molecule has 0 aromatic heterocycles. The lowest BCUT2D eigenvalue weighted by Crippen LogP contribution is -2.39. The Morgan fingerprint density at radius 3 is 2.10 bits per heavy atom. The number of hydrogen-bond donors (Lipinski definition) is 1. The van der Waals surface area contributed by atoms with E-state index in [0.717, 1.165) is 12.0 Å². The Balaban J connectivity index is 2.46. The number of hydrogen-bond acceptors (Lipinski definition) is 1. The zero-order chi connectivity index (χ0) is 15.3. The normalized spacial score (nSPS) is 13.9. The topological polar surface area (TPSA) is 12.0 Å². The van der Waals surface area contributed by atoms with Crippen LogP contribution in [0.5, 0.6) is 0 Å². The largest absolute Gasteiger partial charge is 0.319 e. The maximum absolute atomic E-state index is 14.0. The summed E-state index contributed by atoms with van der Waals surface area (Å²) >= 11 is 0. The molecule has 0 aliphatic carbocycles. The molecule has 0 amide bonds. The van der Waals surface area contributed by atoms with Gasteiger partial charge < -0.3 is 5.32 Å². The Bertz CT molecular complexity index is 563. The van der Waals surface area contributed by atoms with E-state index in [-0.39, 0.29) is 11.0 Å². The fraction of sp³-hybridized carbons (Fsp3) is 0.333. The van der Waals surface area contributed by atoms with Crippen LogP contribution in [0.2, 0.25) is 0 Å². The molecule has 0 aliphatic rings. The van der Waals surface area contributed by atoms with E-state index in [9.17, 15) is 8.78 Å². The lowest BCUT2D eigenvalue weighted by molar-refractivity contribution is 0.376. The van der Waals surface area contributed by atoms with Crippen LogP contribution in [0.25, 0.3) is 0 Å². The molecular weight excluding hydrogens is 268 g/mol. The first kappa shape index (κ1) is 15.6. The van der Waals surface area contributed by atoms with Crippen LogP contribution in [-0.4, -0.2) is 13.6 Å². The Morgan fingerprint density at radius 2 is 1.57 bits per heavy atom. The summed E-state index contributed by atoms with van der Waals surface area (Å²) in [6.45, 7) is 2.73. The molecule has 0 aliphatic heterocycles. The fourth-order valence-electron chi connectivity index (χ4n) is 2.89. The van der Waals surface area contributed by atoms with Gasteiger partial charge in [0.15, 0.2) is 0 Å². The standard InChI is InChI=1S/C18H21F2N/c1-3-18(13-21-2,14-8-5-4-6-9-14)12-15-16(19)10-7-11-17(15)20/h4-11,21H,3,12-13H2,1-2H3. The van der Waals surface area contributed by atoms with Crippen LogP contribution >= 0.6 is 0 Å². The van der Waals surface area contributed by atoms with Gasteiger partial charge in [-0.1, -0.05) is 43.3 Å². The molecule has 1 atom stereocenters. The van der Waals surface area contributed by atoms with Crippen molar-refractivity contribution in [3.05, 3.63) is 71.3 Å². The van der Waals surface area contributed by atoms with Crippen LogP contribution in [0.15, 0.2) is 48.5 Å². The smallest absolute Gasteiger partial charge is 0.129 e. The van der Waals surface area contributed by atoms with Crippen molar-refractivity contribution in [2.45, 2.75) is 25.2 Å². The minimum atomic E-state index is -0.472. The van der Waals surface area contributed by atoms with Crippen molar-refractivity contribution >= 4 is 0 Å². The second-order valence-electron chi connectivity index (χ2n) is 5.41. The van der Waals surface area contributed by atoms with E-state index in [1.807, 2.05) is 37.4 Å². The minimum absolute atomic E-state index is 0.165. The third kappa shape index (κ3) is 3.30. The van der Waals surface area contributed by atoms with Crippen molar-refractivity contribution in [3.63, 3.8) is 0 Å². The summed E-state index contributed by atoms with van der Waals surface area (Å²) in [4.78, 5) is 0. The second-order valence-corrected chi connectivity index (χ2v) is 5.41. The van der Waals surface area contributed by atoms with Crippen LogP contribution in [0.4, 0.5) is 8.78 Å². The molecule has 2 rings (SSSR count).